The summed E-state index contributed by atoms with van der Waals surface area (Å²) in [7, 11) is -1.33. The molecule has 0 bridgehead atoms. The summed E-state index contributed by atoms with van der Waals surface area (Å²) < 4.78 is 26.4. The Hall–Kier alpha value is -1.15. The van der Waals surface area contributed by atoms with Crippen molar-refractivity contribution in [3.8, 4) is 0 Å². The van der Waals surface area contributed by atoms with Gasteiger partial charge in [0, 0.05) is 55.0 Å². The predicted molar refractivity (Wildman–Crippen MR) is 123 cm³/mol. The molecule has 4 rings (SSSR count). The smallest absolute Gasteiger partial charge is 0.211 e. The molecule has 2 heterocycles. The minimum absolute atomic E-state index is 0.199. The van der Waals surface area contributed by atoms with Crippen LogP contribution < -0.4 is 4.90 Å². The molecule has 0 spiro atoms. The molecule has 0 amide bonds. The average molecular weight is 436 g/mol. The van der Waals surface area contributed by atoms with Crippen LogP contribution in [0.3, 0.4) is 0 Å². The van der Waals surface area contributed by atoms with E-state index in [4.69, 9.17) is 0 Å². The molecule has 1 saturated heterocycles. The van der Waals surface area contributed by atoms with Gasteiger partial charge in [-0.15, -0.1) is 11.3 Å². The van der Waals surface area contributed by atoms with Crippen LogP contribution in [0.25, 0.3) is 10.1 Å². The topological polar surface area (TPSA) is 43.9 Å². The van der Waals surface area contributed by atoms with Crippen LogP contribution >= 0.6 is 11.3 Å². The molecule has 29 heavy (non-hydrogen) atoms. The van der Waals surface area contributed by atoms with E-state index >= 15 is 0 Å². The summed E-state index contributed by atoms with van der Waals surface area (Å²) in [6, 6.07) is 9.10. The average Bonchev–Trinajstić information content (AvgIpc) is 3.21. The summed E-state index contributed by atoms with van der Waals surface area (Å²) in [5, 5.41) is 3.58. The Morgan fingerprint density at radius 3 is 2.48 bits per heavy atom. The lowest BCUT2D eigenvalue weighted by Crippen LogP contribution is -2.47. The van der Waals surface area contributed by atoms with E-state index in [1.54, 1.807) is 11.4 Å². The molecule has 2 aliphatic rings. The van der Waals surface area contributed by atoms with E-state index < -0.39 is 10.0 Å². The van der Waals surface area contributed by atoms with Crippen LogP contribution in [0.1, 0.15) is 32.1 Å². The van der Waals surface area contributed by atoms with Gasteiger partial charge in [0.05, 0.1) is 6.26 Å². The number of hydrogen-bond donors (Lipinski definition) is 0. The highest BCUT2D eigenvalue weighted by molar-refractivity contribution is 7.88. The van der Waals surface area contributed by atoms with Gasteiger partial charge in [-0.3, -0.25) is 4.90 Å². The number of benzene rings is 1. The summed E-state index contributed by atoms with van der Waals surface area (Å²) >= 11 is 1.82. The van der Waals surface area contributed by atoms with Crippen LogP contribution in [0.2, 0.25) is 0 Å². The van der Waals surface area contributed by atoms with Gasteiger partial charge in [-0.05, 0) is 68.1 Å². The van der Waals surface area contributed by atoms with Crippen molar-refractivity contribution in [1.29, 1.82) is 0 Å². The second kappa shape index (κ2) is 8.92. The predicted octanol–water partition coefficient (Wildman–Crippen LogP) is 3.86. The first-order valence-electron chi connectivity index (χ1n) is 10.8. The van der Waals surface area contributed by atoms with Crippen molar-refractivity contribution in [3.63, 3.8) is 0 Å². The number of sulfonamides is 1. The lowest BCUT2D eigenvalue weighted by Gasteiger charge is -2.38. The highest BCUT2D eigenvalue weighted by atomic mass is 32.2. The molecular weight excluding hydrogens is 402 g/mol. The van der Waals surface area contributed by atoms with Gasteiger partial charge in [0.15, 0.2) is 0 Å². The van der Waals surface area contributed by atoms with E-state index in [2.05, 4.69) is 39.4 Å². The Kier molecular flexibility index (Phi) is 6.49. The second-order valence-corrected chi connectivity index (χ2v) is 11.7. The van der Waals surface area contributed by atoms with E-state index in [0.29, 0.717) is 0 Å². The Balaban J connectivity index is 1.22. The Morgan fingerprint density at radius 1 is 1.07 bits per heavy atom. The van der Waals surface area contributed by atoms with E-state index in [1.807, 2.05) is 11.3 Å². The zero-order valence-corrected chi connectivity index (χ0v) is 19.2. The van der Waals surface area contributed by atoms with Gasteiger partial charge in [-0.25, -0.2) is 12.7 Å². The van der Waals surface area contributed by atoms with Crippen molar-refractivity contribution in [1.82, 2.24) is 9.21 Å². The van der Waals surface area contributed by atoms with Gasteiger partial charge in [0.1, 0.15) is 0 Å². The minimum Gasteiger partial charge on any atom is -0.368 e. The molecule has 0 unspecified atom stereocenters. The summed E-state index contributed by atoms with van der Waals surface area (Å²) in [5.41, 5.74) is 1.39. The van der Waals surface area contributed by atoms with Crippen LogP contribution in [-0.2, 0) is 10.0 Å². The number of thiophene rings is 1. The van der Waals surface area contributed by atoms with Crippen molar-refractivity contribution in [3.05, 3.63) is 29.6 Å². The number of rotatable bonds is 6. The van der Waals surface area contributed by atoms with Crippen molar-refractivity contribution in [2.75, 3.05) is 50.9 Å². The van der Waals surface area contributed by atoms with Gasteiger partial charge in [-0.2, -0.15) is 0 Å². The van der Waals surface area contributed by atoms with Crippen LogP contribution in [0, 0.1) is 5.92 Å². The first-order chi connectivity index (χ1) is 13.9. The summed E-state index contributed by atoms with van der Waals surface area (Å²) in [5.74, 6) is 0.747. The summed E-state index contributed by atoms with van der Waals surface area (Å²) in [6.45, 7) is 5.63. The molecule has 0 radical (unpaired) electrons. The quantitative estimate of drug-likeness (QED) is 0.691. The summed E-state index contributed by atoms with van der Waals surface area (Å²) in [4.78, 5) is 5.15. The number of fused-ring (bicyclic) bond motifs is 1. The molecule has 0 atom stereocenters. The van der Waals surface area contributed by atoms with Crippen LogP contribution in [0.4, 0.5) is 5.69 Å². The van der Waals surface area contributed by atoms with Gasteiger partial charge in [-0.1, -0.05) is 6.07 Å². The number of anilines is 1. The van der Waals surface area contributed by atoms with Crippen molar-refractivity contribution < 1.29 is 8.42 Å². The zero-order valence-electron chi connectivity index (χ0n) is 17.6. The fourth-order valence-corrected chi connectivity index (χ4v) is 6.46. The highest BCUT2D eigenvalue weighted by Crippen LogP contribution is 2.32. The molecule has 2 fully saturated rings. The molecule has 160 valence electrons. The Labute approximate surface area is 179 Å². The first-order valence-corrected chi connectivity index (χ1v) is 13.5. The van der Waals surface area contributed by atoms with E-state index in [9.17, 15) is 8.42 Å². The third-order valence-electron chi connectivity index (χ3n) is 6.89. The van der Waals surface area contributed by atoms with E-state index in [1.165, 1.54) is 35.0 Å². The largest absolute Gasteiger partial charge is 0.368 e. The number of nitrogens with zero attached hydrogens (tertiary/aromatic N) is 3. The third kappa shape index (κ3) is 4.95. The van der Waals surface area contributed by atoms with E-state index in [-0.39, 0.29) is 6.04 Å². The Morgan fingerprint density at radius 2 is 1.79 bits per heavy atom. The maximum Gasteiger partial charge on any atom is 0.211 e. The van der Waals surface area contributed by atoms with Gasteiger partial charge < -0.3 is 4.90 Å². The number of hydrogen-bond acceptors (Lipinski definition) is 5. The molecular formula is C22H33N3O2S2. The van der Waals surface area contributed by atoms with Gasteiger partial charge in [0.2, 0.25) is 10.0 Å². The van der Waals surface area contributed by atoms with Gasteiger partial charge in [0.25, 0.3) is 0 Å². The molecule has 1 saturated carbocycles. The maximum atomic E-state index is 11.7. The van der Waals surface area contributed by atoms with Crippen LogP contribution in [0.5, 0.6) is 0 Å². The van der Waals surface area contributed by atoms with Crippen molar-refractivity contribution >= 4 is 37.1 Å². The molecule has 1 aliphatic heterocycles. The molecule has 1 aromatic carbocycles. The fourth-order valence-electron chi connectivity index (χ4n) is 4.90. The molecule has 2 aromatic rings. The SMILES string of the molecule is CN([C@H]1CC[C@H](CCN2CCN(c3cccc4sccc34)CC2)CC1)S(C)(=O)=O. The lowest BCUT2D eigenvalue weighted by atomic mass is 9.84. The second-order valence-electron chi connectivity index (χ2n) is 8.68. The zero-order chi connectivity index (χ0) is 20.4. The van der Waals surface area contributed by atoms with Crippen molar-refractivity contribution in [2.24, 2.45) is 5.92 Å². The molecule has 1 aromatic heterocycles. The van der Waals surface area contributed by atoms with E-state index in [0.717, 1.165) is 57.8 Å². The maximum absolute atomic E-state index is 11.7. The van der Waals surface area contributed by atoms with Gasteiger partial charge >= 0.3 is 0 Å². The minimum atomic E-state index is -3.07. The normalized spacial score (nSPS) is 24.4. The summed E-state index contributed by atoms with van der Waals surface area (Å²) in [6.07, 6.45) is 6.89. The monoisotopic (exact) mass is 435 g/mol. The molecule has 7 heteroatoms. The molecule has 0 N–H and O–H groups in total. The van der Waals surface area contributed by atoms with Crippen LogP contribution in [0.15, 0.2) is 29.6 Å². The third-order valence-corrected chi connectivity index (χ3v) is 9.12. The highest BCUT2D eigenvalue weighted by Gasteiger charge is 2.28. The first kappa shape index (κ1) is 21.1. The molecule has 5 nitrogen and oxygen atoms in total. The fraction of sp³-hybridized carbons (Fsp3) is 0.636. The van der Waals surface area contributed by atoms with Crippen LogP contribution in [-0.4, -0.2) is 69.7 Å². The van der Waals surface area contributed by atoms with Crippen molar-refractivity contribution in [2.45, 2.75) is 38.1 Å². The Bertz CT molecular complexity index is 911. The standard InChI is InChI=1S/C22H33N3O2S2/c1-23(29(2,26)27)19-8-6-18(7-9-19)10-12-24-13-15-25(16-14-24)21-4-3-5-22-20(21)11-17-28-22/h3-5,11,17-19H,6-10,12-16H2,1-2H3/t18-,19-. The molecule has 1 aliphatic carbocycles. The number of piperazine rings is 1. The lowest BCUT2D eigenvalue weighted by molar-refractivity contribution is 0.194.